The fourth-order valence-electron chi connectivity index (χ4n) is 2.39. The van der Waals surface area contributed by atoms with Crippen LogP contribution in [0.3, 0.4) is 0 Å². The zero-order valence-electron chi connectivity index (χ0n) is 15.0. The molecule has 3 rings (SSSR count). The molecule has 0 fully saturated rings. The number of ether oxygens (including phenoxy) is 1. The summed E-state index contributed by atoms with van der Waals surface area (Å²) in [5, 5.41) is -0.0605. The summed E-state index contributed by atoms with van der Waals surface area (Å²) < 4.78 is 10.3. The van der Waals surface area contributed by atoms with E-state index in [1.54, 1.807) is 38.3 Å². The summed E-state index contributed by atoms with van der Waals surface area (Å²) >= 11 is 1.18. The van der Waals surface area contributed by atoms with Crippen molar-refractivity contribution in [1.29, 1.82) is 0 Å². The number of pyridine rings is 1. The minimum Gasteiger partial charge on any atom is -0.465 e. The molecule has 0 aromatic carbocycles. The molecular formula is C19H19N3O4S. The SMILES string of the molecule is CCOC(=O)C(C)SC1=N/C(=C/c2ccco2)C(=O)N1Cc1ccccn1. The molecule has 7 nitrogen and oxygen atoms in total. The number of thioether (sulfide) groups is 1. The Balaban J connectivity index is 1.86. The fraction of sp³-hybridized carbons (Fsp3) is 0.263. The van der Waals surface area contributed by atoms with E-state index in [-0.39, 0.29) is 24.1 Å². The van der Waals surface area contributed by atoms with Gasteiger partial charge >= 0.3 is 5.97 Å². The summed E-state index contributed by atoms with van der Waals surface area (Å²) in [5.74, 6) is -0.0842. The molecule has 140 valence electrons. The Labute approximate surface area is 161 Å². The Hall–Kier alpha value is -2.87. The van der Waals surface area contributed by atoms with Gasteiger partial charge < -0.3 is 9.15 Å². The predicted octanol–water partition coefficient (Wildman–Crippen LogP) is 3.10. The zero-order valence-corrected chi connectivity index (χ0v) is 15.8. The predicted molar refractivity (Wildman–Crippen MR) is 103 cm³/mol. The first-order valence-corrected chi connectivity index (χ1v) is 9.35. The molecule has 0 aliphatic carbocycles. The van der Waals surface area contributed by atoms with Crippen molar-refractivity contribution < 1.29 is 18.7 Å². The van der Waals surface area contributed by atoms with Crippen LogP contribution in [0.4, 0.5) is 0 Å². The van der Waals surface area contributed by atoms with Crippen molar-refractivity contribution in [3.05, 3.63) is 59.9 Å². The van der Waals surface area contributed by atoms with E-state index in [1.165, 1.54) is 22.9 Å². The van der Waals surface area contributed by atoms with Gasteiger partial charge in [-0.15, -0.1) is 0 Å². The number of hydrogen-bond donors (Lipinski definition) is 0. The number of furan rings is 1. The average Bonchev–Trinajstić information content (AvgIpc) is 3.27. The molecule has 27 heavy (non-hydrogen) atoms. The van der Waals surface area contributed by atoms with E-state index in [9.17, 15) is 9.59 Å². The number of aliphatic imine (C=N–C) groups is 1. The number of hydrogen-bond acceptors (Lipinski definition) is 7. The number of esters is 1. The number of carbonyl (C=O) groups is 2. The number of amidine groups is 1. The Bertz CT molecular complexity index is 862. The molecule has 0 bridgehead atoms. The van der Waals surface area contributed by atoms with Crippen molar-refractivity contribution in [3.8, 4) is 0 Å². The highest BCUT2D eigenvalue weighted by molar-refractivity contribution is 8.14. The highest BCUT2D eigenvalue weighted by Crippen LogP contribution is 2.28. The first-order chi connectivity index (χ1) is 13.1. The number of nitrogens with zero attached hydrogens (tertiary/aromatic N) is 3. The third-order valence-electron chi connectivity index (χ3n) is 3.68. The maximum absolute atomic E-state index is 12.9. The molecule has 1 aliphatic rings. The van der Waals surface area contributed by atoms with E-state index < -0.39 is 5.25 Å². The van der Waals surface area contributed by atoms with Gasteiger partial charge in [0.25, 0.3) is 5.91 Å². The molecule has 2 aromatic heterocycles. The van der Waals surface area contributed by atoms with Crippen molar-refractivity contribution in [1.82, 2.24) is 9.88 Å². The molecule has 3 heterocycles. The average molecular weight is 385 g/mol. The smallest absolute Gasteiger partial charge is 0.319 e. The largest absolute Gasteiger partial charge is 0.465 e. The van der Waals surface area contributed by atoms with Crippen LogP contribution in [-0.4, -0.2) is 38.8 Å². The number of rotatable bonds is 6. The van der Waals surface area contributed by atoms with Crippen LogP contribution in [0.25, 0.3) is 6.08 Å². The molecule has 1 unspecified atom stereocenters. The summed E-state index contributed by atoms with van der Waals surface area (Å²) in [7, 11) is 0. The van der Waals surface area contributed by atoms with Crippen LogP contribution in [-0.2, 0) is 20.9 Å². The quantitative estimate of drug-likeness (QED) is 0.561. The number of carbonyl (C=O) groups excluding carboxylic acids is 2. The topological polar surface area (TPSA) is 85.0 Å². The molecule has 0 radical (unpaired) electrons. The van der Waals surface area contributed by atoms with Crippen LogP contribution < -0.4 is 0 Å². The van der Waals surface area contributed by atoms with Gasteiger partial charge in [-0.1, -0.05) is 17.8 Å². The Morgan fingerprint density at radius 1 is 1.37 bits per heavy atom. The highest BCUT2D eigenvalue weighted by Gasteiger charge is 2.33. The van der Waals surface area contributed by atoms with Gasteiger partial charge in [-0.3, -0.25) is 19.5 Å². The maximum Gasteiger partial charge on any atom is 0.319 e. The van der Waals surface area contributed by atoms with Crippen LogP contribution in [0, 0.1) is 0 Å². The summed E-state index contributed by atoms with van der Waals surface area (Å²) in [6.07, 6.45) is 4.77. The number of amides is 1. The van der Waals surface area contributed by atoms with Crippen molar-refractivity contribution in [2.24, 2.45) is 4.99 Å². The minimum atomic E-state index is -0.495. The molecule has 0 saturated carbocycles. The number of aromatic nitrogens is 1. The van der Waals surface area contributed by atoms with Gasteiger partial charge in [0.2, 0.25) is 0 Å². The second-order valence-corrected chi connectivity index (χ2v) is 6.97. The summed E-state index contributed by atoms with van der Waals surface area (Å²) in [5.41, 5.74) is 0.974. The second kappa shape index (κ2) is 8.68. The van der Waals surface area contributed by atoms with Gasteiger partial charge in [0.15, 0.2) is 5.17 Å². The lowest BCUT2D eigenvalue weighted by Crippen LogP contribution is -2.32. The summed E-state index contributed by atoms with van der Waals surface area (Å²) in [6, 6.07) is 8.97. The molecule has 0 spiro atoms. The lowest BCUT2D eigenvalue weighted by molar-refractivity contribution is -0.142. The molecule has 0 saturated heterocycles. The monoisotopic (exact) mass is 385 g/mol. The van der Waals surface area contributed by atoms with Gasteiger partial charge in [-0.2, -0.15) is 0 Å². The normalized spacial score (nSPS) is 16.5. The van der Waals surface area contributed by atoms with E-state index in [0.717, 1.165) is 5.69 Å². The van der Waals surface area contributed by atoms with Crippen molar-refractivity contribution >= 4 is 34.9 Å². The van der Waals surface area contributed by atoms with E-state index in [1.807, 2.05) is 18.2 Å². The minimum absolute atomic E-state index is 0.249. The highest BCUT2D eigenvalue weighted by atomic mass is 32.2. The van der Waals surface area contributed by atoms with E-state index in [0.29, 0.717) is 17.5 Å². The van der Waals surface area contributed by atoms with Crippen LogP contribution >= 0.6 is 11.8 Å². The Kier molecular flexibility index (Phi) is 6.08. The fourth-order valence-corrected chi connectivity index (χ4v) is 3.29. The van der Waals surface area contributed by atoms with Crippen molar-refractivity contribution in [2.75, 3.05) is 6.61 Å². The third kappa shape index (κ3) is 4.65. The van der Waals surface area contributed by atoms with Gasteiger partial charge in [-0.05, 0) is 38.1 Å². The Morgan fingerprint density at radius 2 is 2.22 bits per heavy atom. The molecule has 8 heteroatoms. The lowest BCUT2D eigenvalue weighted by Gasteiger charge is -2.19. The van der Waals surface area contributed by atoms with Gasteiger partial charge in [0.1, 0.15) is 16.7 Å². The molecule has 2 aromatic rings. The maximum atomic E-state index is 12.9. The molecule has 0 N–H and O–H groups in total. The van der Waals surface area contributed by atoms with E-state index >= 15 is 0 Å². The van der Waals surface area contributed by atoms with Gasteiger partial charge in [0, 0.05) is 12.3 Å². The van der Waals surface area contributed by atoms with Crippen molar-refractivity contribution in [3.63, 3.8) is 0 Å². The summed E-state index contributed by atoms with van der Waals surface area (Å²) in [4.78, 5) is 35.0. The molecular weight excluding hydrogens is 366 g/mol. The van der Waals surface area contributed by atoms with Gasteiger partial charge in [-0.25, -0.2) is 4.99 Å². The molecule has 1 aliphatic heterocycles. The summed E-state index contributed by atoms with van der Waals surface area (Å²) in [6.45, 7) is 4.04. The van der Waals surface area contributed by atoms with Crippen LogP contribution in [0.1, 0.15) is 25.3 Å². The Morgan fingerprint density at radius 3 is 2.89 bits per heavy atom. The van der Waals surface area contributed by atoms with Crippen LogP contribution in [0.2, 0.25) is 0 Å². The van der Waals surface area contributed by atoms with Crippen LogP contribution in [0.5, 0.6) is 0 Å². The van der Waals surface area contributed by atoms with E-state index in [4.69, 9.17) is 9.15 Å². The van der Waals surface area contributed by atoms with E-state index in [2.05, 4.69) is 9.98 Å². The first kappa shape index (κ1) is 18.9. The second-order valence-electron chi connectivity index (χ2n) is 5.66. The first-order valence-electron chi connectivity index (χ1n) is 8.47. The zero-order chi connectivity index (χ0) is 19.2. The lowest BCUT2D eigenvalue weighted by atomic mass is 10.3. The molecule has 1 atom stereocenters. The van der Waals surface area contributed by atoms with Gasteiger partial charge in [0.05, 0.1) is 25.1 Å². The standard InChI is InChI=1S/C19H19N3O4S/c1-3-25-18(24)13(2)27-19-21-16(11-15-8-6-10-26-15)17(23)22(19)12-14-7-4-5-9-20-14/h4-11,13H,3,12H2,1-2H3/b16-11+. The molecule has 1 amide bonds. The van der Waals surface area contributed by atoms with Crippen LogP contribution in [0.15, 0.2) is 57.9 Å². The third-order valence-corrected chi connectivity index (χ3v) is 4.75. The van der Waals surface area contributed by atoms with Crippen molar-refractivity contribution in [2.45, 2.75) is 25.6 Å².